The first-order chi connectivity index (χ1) is 14.6. The molecule has 0 spiro atoms. The zero-order valence-corrected chi connectivity index (χ0v) is 20.5. The van der Waals surface area contributed by atoms with Crippen LogP contribution in [0.5, 0.6) is 0 Å². The van der Waals surface area contributed by atoms with Gasteiger partial charge in [0, 0.05) is 25.5 Å². The smallest absolute Gasteiger partial charge is 0.191 e. The van der Waals surface area contributed by atoms with E-state index in [0.717, 1.165) is 31.8 Å². The van der Waals surface area contributed by atoms with Crippen molar-refractivity contribution in [2.75, 3.05) is 13.1 Å². The molecule has 1 atom stereocenters. The second kappa shape index (κ2) is 12.5. The van der Waals surface area contributed by atoms with Gasteiger partial charge in [0.15, 0.2) is 5.96 Å². The SMILES string of the molecule is CCNC(=NCc1nccn1CCCc1ccccc1)NCC(C)(O)c1ccco1.I. The average Bonchev–Trinajstić information content (AvgIpc) is 3.44. The van der Waals surface area contributed by atoms with Gasteiger partial charge in [-0.15, -0.1) is 24.0 Å². The highest BCUT2D eigenvalue weighted by atomic mass is 127. The highest BCUT2D eigenvalue weighted by molar-refractivity contribution is 14.0. The van der Waals surface area contributed by atoms with Crippen molar-refractivity contribution in [2.45, 2.75) is 45.4 Å². The Kier molecular flexibility index (Phi) is 10.1. The number of hydrogen-bond donors (Lipinski definition) is 3. The summed E-state index contributed by atoms with van der Waals surface area (Å²) in [5.41, 5.74) is 0.217. The fourth-order valence-corrected chi connectivity index (χ4v) is 3.21. The van der Waals surface area contributed by atoms with Gasteiger partial charge in [-0.2, -0.15) is 0 Å². The van der Waals surface area contributed by atoms with Crippen LogP contribution in [0.25, 0.3) is 0 Å². The summed E-state index contributed by atoms with van der Waals surface area (Å²) in [7, 11) is 0. The van der Waals surface area contributed by atoms with Crippen LogP contribution in [0.2, 0.25) is 0 Å². The summed E-state index contributed by atoms with van der Waals surface area (Å²) in [6.07, 6.45) is 7.45. The molecular weight excluding hydrogens is 505 g/mol. The fraction of sp³-hybridized carbons (Fsp3) is 0.391. The molecule has 3 N–H and O–H groups in total. The van der Waals surface area contributed by atoms with E-state index in [4.69, 9.17) is 4.42 Å². The minimum atomic E-state index is -1.13. The number of nitrogens with zero attached hydrogens (tertiary/aromatic N) is 3. The number of halogens is 1. The van der Waals surface area contributed by atoms with Gasteiger partial charge in [-0.25, -0.2) is 9.98 Å². The maximum atomic E-state index is 10.6. The van der Waals surface area contributed by atoms with E-state index in [9.17, 15) is 5.11 Å². The van der Waals surface area contributed by atoms with E-state index in [-0.39, 0.29) is 30.5 Å². The van der Waals surface area contributed by atoms with E-state index < -0.39 is 5.60 Å². The van der Waals surface area contributed by atoms with Crippen LogP contribution in [0.1, 0.15) is 37.4 Å². The Labute approximate surface area is 201 Å². The lowest BCUT2D eigenvalue weighted by Gasteiger charge is -2.22. The number of aromatic nitrogens is 2. The number of furan rings is 1. The summed E-state index contributed by atoms with van der Waals surface area (Å²) < 4.78 is 7.48. The first-order valence-electron chi connectivity index (χ1n) is 10.4. The molecule has 31 heavy (non-hydrogen) atoms. The Bertz CT molecular complexity index is 907. The zero-order valence-electron chi connectivity index (χ0n) is 18.1. The van der Waals surface area contributed by atoms with Crippen LogP contribution in [-0.4, -0.2) is 33.7 Å². The first kappa shape index (κ1) is 24.9. The van der Waals surface area contributed by atoms with E-state index in [0.29, 0.717) is 18.3 Å². The molecule has 3 rings (SSSR count). The van der Waals surface area contributed by atoms with Crippen molar-refractivity contribution in [3.05, 3.63) is 78.3 Å². The number of benzene rings is 1. The van der Waals surface area contributed by atoms with Crippen LogP contribution < -0.4 is 10.6 Å². The first-order valence-corrected chi connectivity index (χ1v) is 10.4. The van der Waals surface area contributed by atoms with E-state index in [1.165, 1.54) is 5.56 Å². The largest absolute Gasteiger partial charge is 0.466 e. The normalized spacial score (nSPS) is 13.3. The molecule has 0 aliphatic heterocycles. The number of aryl methyl sites for hydroxylation is 2. The topological polar surface area (TPSA) is 87.6 Å². The Morgan fingerprint density at radius 2 is 2.00 bits per heavy atom. The third-order valence-corrected chi connectivity index (χ3v) is 4.88. The fourth-order valence-electron chi connectivity index (χ4n) is 3.21. The number of guanidine groups is 1. The van der Waals surface area contributed by atoms with Crippen LogP contribution in [0.15, 0.2) is 70.5 Å². The molecule has 7 nitrogen and oxygen atoms in total. The Morgan fingerprint density at radius 1 is 1.19 bits per heavy atom. The number of aliphatic imine (C=N–C) groups is 1. The lowest BCUT2D eigenvalue weighted by Crippen LogP contribution is -2.44. The van der Waals surface area contributed by atoms with Gasteiger partial charge in [0.05, 0.1) is 12.8 Å². The molecule has 0 fully saturated rings. The van der Waals surface area contributed by atoms with Crippen LogP contribution in [0, 0.1) is 0 Å². The molecular formula is C23H32IN5O2. The quantitative estimate of drug-likeness (QED) is 0.209. The van der Waals surface area contributed by atoms with Gasteiger partial charge in [-0.3, -0.25) is 0 Å². The van der Waals surface area contributed by atoms with Gasteiger partial charge < -0.3 is 24.7 Å². The molecule has 1 unspecified atom stereocenters. The number of hydrogen-bond acceptors (Lipinski definition) is 4. The van der Waals surface area contributed by atoms with E-state index in [2.05, 4.69) is 49.4 Å². The summed E-state index contributed by atoms with van der Waals surface area (Å²) in [6, 6.07) is 14.0. The summed E-state index contributed by atoms with van der Waals surface area (Å²) in [5.74, 6) is 2.06. The number of nitrogens with one attached hydrogen (secondary N) is 2. The molecule has 3 aromatic rings. The molecule has 2 heterocycles. The summed E-state index contributed by atoms with van der Waals surface area (Å²) in [4.78, 5) is 9.10. The lowest BCUT2D eigenvalue weighted by molar-refractivity contribution is 0.0386. The van der Waals surface area contributed by atoms with Gasteiger partial charge >= 0.3 is 0 Å². The van der Waals surface area contributed by atoms with Crippen LogP contribution in [0.4, 0.5) is 0 Å². The molecule has 0 aliphatic rings. The van der Waals surface area contributed by atoms with Crippen LogP contribution >= 0.6 is 24.0 Å². The van der Waals surface area contributed by atoms with Gasteiger partial charge in [0.2, 0.25) is 0 Å². The van der Waals surface area contributed by atoms with Crippen molar-refractivity contribution in [1.29, 1.82) is 0 Å². The van der Waals surface area contributed by atoms with E-state index in [1.54, 1.807) is 25.3 Å². The van der Waals surface area contributed by atoms with Crippen molar-refractivity contribution in [1.82, 2.24) is 20.2 Å². The molecule has 0 radical (unpaired) electrons. The van der Waals surface area contributed by atoms with Crippen molar-refractivity contribution in [3.8, 4) is 0 Å². The van der Waals surface area contributed by atoms with Gasteiger partial charge in [0.1, 0.15) is 23.7 Å². The highest BCUT2D eigenvalue weighted by Gasteiger charge is 2.26. The second-order valence-corrected chi connectivity index (χ2v) is 7.43. The summed E-state index contributed by atoms with van der Waals surface area (Å²) in [5, 5.41) is 17.0. The predicted molar refractivity (Wildman–Crippen MR) is 134 cm³/mol. The molecule has 0 amide bonds. The van der Waals surface area contributed by atoms with Crippen molar-refractivity contribution in [2.24, 2.45) is 4.99 Å². The molecule has 8 heteroatoms. The van der Waals surface area contributed by atoms with Crippen LogP contribution in [-0.2, 0) is 25.1 Å². The van der Waals surface area contributed by atoms with Crippen molar-refractivity contribution >= 4 is 29.9 Å². The number of rotatable bonds is 10. The third-order valence-electron chi connectivity index (χ3n) is 4.88. The molecule has 0 saturated heterocycles. The molecule has 0 aliphatic carbocycles. The molecule has 1 aromatic carbocycles. The summed E-state index contributed by atoms with van der Waals surface area (Å²) >= 11 is 0. The van der Waals surface area contributed by atoms with Crippen molar-refractivity contribution in [3.63, 3.8) is 0 Å². The zero-order chi connectivity index (χ0) is 21.2. The maximum Gasteiger partial charge on any atom is 0.191 e. The van der Waals surface area contributed by atoms with E-state index >= 15 is 0 Å². The second-order valence-electron chi connectivity index (χ2n) is 7.43. The average molecular weight is 537 g/mol. The molecule has 0 saturated carbocycles. The summed E-state index contributed by atoms with van der Waals surface area (Å²) in [6.45, 7) is 6.07. The Hall–Kier alpha value is -2.33. The predicted octanol–water partition coefficient (Wildman–Crippen LogP) is 3.69. The number of aliphatic hydroxyl groups is 1. The Balaban J connectivity index is 0.00000341. The van der Waals surface area contributed by atoms with E-state index in [1.807, 2.05) is 25.4 Å². The maximum absolute atomic E-state index is 10.6. The molecule has 2 aromatic heterocycles. The van der Waals surface area contributed by atoms with Crippen molar-refractivity contribution < 1.29 is 9.52 Å². The standard InChI is InChI=1S/C23H31N5O2.HI/c1-3-24-22(27-18-23(2,29)20-12-8-16-30-20)26-17-21-25-13-15-28(21)14-7-11-19-9-5-4-6-10-19;/h4-6,8-10,12-13,15-16,29H,3,7,11,14,17-18H2,1-2H3,(H2,24,26,27);1H. The van der Waals surface area contributed by atoms with Gasteiger partial charge in [0.25, 0.3) is 0 Å². The molecule has 0 bridgehead atoms. The lowest BCUT2D eigenvalue weighted by atomic mass is 10.0. The minimum absolute atomic E-state index is 0. The van der Waals surface area contributed by atoms with Gasteiger partial charge in [-0.1, -0.05) is 30.3 Å². The minimum Gasteiger partial charge on any atom is -0.466 e. The Morgan fingerprint density at radius 3 is 2.71 bits per heavy atom. The van der Waals surface area contributed by atoms with Gasteiger partial charge in [-0.05, 0) is 44.4 Å². The van der Waals surface area contributed by atoms with Crippen LogP contribution in [0.3, 0.4) is 0 Å². The third kappa shape index (κ3) is 7.70. The monoisotopic (exact) mass is 537 g/mol. The number of imidazole rings is 1. The molecule has 168 valence electrons. The highest BCUT2D eigenvalue weighted by Crippen LogP contribution is 2.19.